The van der Waals surface area contributed by atoms with Crippen molar-refractivity contribution < 1.29 is 12.6 Å². The van der Waals surface area contributed by atoms with Crippen LogP contribution in [0.15, 0.2) is 53.4 Å². The molecule has 3 aromatic rings. The van der Waals surface area contributed by atoms with Gasteiger partial charge in [0.1, 0.15) is 0 Å². The third-order valence-corrected chi connectivity index (χ3v) is 8.17. The lowest BCUT2D eigenvalue weighted by atomic mass is 9.92. The van der Waals surface area contributed by atoms with Crippen LogP contribution in [0, 0.1) is 6.92 Å². The van der Waals surface area contributed by atoms with Crippen LogP contribution in [0.5, 0.6) is 0 Å². The van der Waals surface area contributed by atoms with Crippen LogP contribution < -0.4 is 5.32 Å². The van der Waals surface area contributed by atoms with E-state index in [0.29, 0.717) is 0 Å². The molecule has 0 atom stereocenters. The highest BCUT2D eigenvalue weighted by Gasteiger charge is 2.18. The first-order chi connectivity index (χ1) is 17.0. The normalized spacial score (nSPS) is 13.6. The topological polar surface area (TPSA) is 68.3 Å². The summed E-state index contributed by atoms with van der Waals surface area (Å²) in [6, 6.07) is 15.3. The van der Waals surface area contributed by atoms with Gasteiger partial charge in [0.15, 0.2) is 0 Å². The number of pyridine rings is 1. The van der Waals surface area contributed by atoms with E-state index in [2.05, 4.69) is 29.6 Å². The molecule has 0 aliphatic heterocycles. The van der Waals surface area contributed by atoms with Crippen molar-refractivity contribution in [3.63, 3.8) is 0 Å². The molecule has 0 spiro atoms. The van der Waals surface area contributed by atoms with Crippen molar-refractivity contribution in [2.24, 2.45) is 0 Å². The van der Waals surface area contributed by atoms with E-state index < -0.39 is 10.1 Å². The number of aryl methyl sites for hydroxylation is 2. The van der Waals surface area contributed by atoms with Crippen LogP contribution in [-0.4, -0.2) is 26.6 Å². The zero-order valence-corrected chi connectivity index (χ0v) is 21.7. The minimum atomic E-state index is -3.64. The van der Waals surface area contributed by atoms with E-state index in [9.17, 15) is 8.42 Å². The summed E-state index contributed by atoms with van der Waals surface area (Å²) in [5.74, 6) is 0. The molecule has 0 radical (unpaired) electrons. The third-order valence-electron chi connectivity index (χ3n) is 6.84. The lowest BCUT2D eigenvalue weighted by Gasteiger charge is -2.21. The van der Waals surface area contributed by atoms with Crippen LogP contribution in [-0.2, 0) is 27.1 Å². The summed E-state index contributed by atoms with van der Waals surface area (Å²) >= 11 is 0. The van der Waals surface area contributed by atoms with Gasteiger partial charge in [-0.25, -0.2) is 0 Å². The second kappa shape index (κ2) is 12.5. The van der Waals surface area contributed by atoms with Crippen LogP contribution >= 0.6 is 0 Å². The molecule has 188 valence electrons. The second-order valence-corrected chi connectivity index (χ2v) is 11.2. The van der Waals surface area contributed by atoms with Crippen molar-refractivity contribution in [1.82, 2.24) is 4.98 Å². The van der Waals surface area contributed by atoms with E-state index in [0.717, 1.165) is 56.1 Å². The molecule has 0 fully saturated rings. The van der Waals surface area contributed by atoms with Crippen molar-refractivity contribution in [1.29, 1.82) is 0 Å². The van der Waals surface area contributed by atoms with E-state index in [4.69, 9.17) is 9.17 Å². The maximum Gasteiger partial charge on any atom is 0.296 e. The Kier molecular flexibility index (Phi) is 9.16. The Morgan fingerprint density at radius 3 is 2.34 bits per heavy atom. The van der Waals surface area contributed by atoms with E-state index in [1.807, 2.05) is 6.92 Å². The molecule has 0 amide bonds. The molecule has 1 N–H and O–H groups in total. The number of para-hydroxylation sites is 1. The zero-order valence-electron chi connectivity index (χ0n) is 20.9. The molecule has 1 aliphatic carbocycles. The molecule has 1 heterocycles. The Morgan fingerprint density at radius 1 is 0.857 bits per heavy atom. The number of benzene rings is 2. The average Bonchev–Trinajstić information content (AvgIpc) is 2.87. The zero-order chi connectivity index (χ0) is 24.5. The van der Waals surface area contributed by atoms with Gasteiger partial charge < -0.3 is 5.32 Å². The van der Waals surface area contributed by atoms with Crippen LogP contribution in [0.4, 0.5) is 5.69 Å². The minimum absolute atomic E-state index is 0.233. The summed E-state index contributed by atoms with van der Waals surface area (Å²) < 4.78 is 29.6. The van der Waals surface area contributed by atoms with Gasteiger partial charge >= 0.3 is 0 Å². The predicted octanol–water partition coefficient (Wildman–Crippen LogP) is 6.97. The van der Waals surface area contributed by atoms with Gasteiger partial charge in [-0.2, -0.15) is 8.42 Å². The number of nitrogens with zero attached hydrogens (tertiary/aromatic N) is 1. The van der Waals surface area contributed by atoms with Crippen molar-refractivity contribution in [3.8, 4) is 0 Å². The molecular formula is C29H38N2O3S. The Balaban J connectivity index is 1.11. The minimum Gasteiger partial charge on any atom is -0.384 e. The maximum absolute atomic E-state index is 12.2. The van der Waals surface area contributed by atoms with E-state index in [-0.39, 0.29) is 11.5 Å². The fourth-order valence-electron chi connectivity index (χ4n) is 4.84. The summed E-state index contributed by atoms with van der Waals surface area (Å²) in [6.45, 7) is 3.18. The van der Waals surface area contributed by atoms with Gasteiger partial charge in [0.2, 0.25) is 0 Å². The average molecular weight is 495 g/mol. The maximum atomic E-state index is 12.2. The second-order valence-electron chi connectivity index (χ2n) is 9.63. The Labute approximate surface area is 210 Å². The van der Waals surface area contributed by atoms with Crippen LogP contribution in [0.3, 0.4) is 0 Å². The summed E-state index contributed by atoms with van der Waals surface area (Å²) in [4.78, 5) is 5.16. The van der Waals surface area contributed by atoms with Crippen LogP contribution in [0.25, 0.3) is 10.9 Å². The molecule has 2 aromatic carbocycles. The Hall–Kier alpha value is -2.44. The number of hydrogen-bond donors (Lipinski definition) is 1. The predicted molar refractivity (Wildman–Crippen MR) is 144 cm³/mol. The smallest absolute Gasteiger partial charge is 0.296 e. The molecule has 35 heavy (non-hydrogen) atoms. The molecule has 0 bridgehead atoms. The van der Waals surface area contributed by atoms with Gasteiger partial charge in [0.25, 0.3) is 10.1 Å². The number of fused-ring (bicyclic) bond motifs is 2. The standard InChI is InChI=1S/C29H38N2O3S/c1-23-17-19-24(20-18-23)35(32,33)34-22-12-6-4-2-3-5-11-21-30-29-25-13-7-9-15-27(25)31-28-16-10-8-14-26(28)29/h7,9,13,15,17-20H,2-6,8,10-12,14,16,21-22H2,1H3,(H,30,31). The lowest BCUT2D eigenvalue weighted by Crippen LogP contribution is -2.12. The number of aromatic nitrogens is 1. The van der Waals surface area contributed by atoms with Crippen molar-refractivity contribution in [2.75, 3.05) is 18.5 Å². The lowest BCUT2D eigenvalue weighted by molar-refractivity contribution is 0.306. The fourth-order valence-corrected chi connectivity index (χ4v) is 5.78. The number of rotatable bonds is 13. The monoisotopic (exact) mass is 494 g/mol. The molecule has 1 aliphatic rings. The van der Waals surface area contributed by atoms with E-state index >= 15 is 0 Å². The third kappa shape index (κ3) is 7.05. The molecule has 0 saturated carbocycles. The number of hydrogen-bond acceptors (Lipinski definition) is 5. The van der Waals surface area contributed by atoms with Gasteiger partial charge in [-0.3, -0.25) is 9.17 Å². The van der Waals surface area contributed by atoms with Gasteiger partial charge in [-0.15, -0.1) is 0 Å². The number of unbranched alkanes of at least 4 members (excludes halogenated alkanes) is 6. The summed E-state index contributed by atoms with van der Waals surface area (Å²) in [5.41, 5.74) is 6.16. The first kappa shape index (κ1) is 25.6. The van der Waals surface area contributed by atoms with Gasteiger partial charge in [0.05, 0.1) is 17.0 Å². The summed E-state index contributed by atoms with van der Waals surface area (Å²) in [7, 11) is -3.64. The van der Waals surface area contributed by atoms with Gasteiger partial charge in [-0.1, -0.05) is 68.0 Å². The van der Waals surface area contributed by atoms with Crippen molar-refractivity contribution >= 4 is 26.7 Å². The van der Waals surface area contributed by atoms with E-state index in [1.165, 1.54) is 54.4 Å². The Bertz CT molecular complexity index is 1210. The molecule has 1 aromatic heterocycles. The van der Waals surface area contributed by atoms with Crippen molar-refractivity contribution in [3.05, 3.63) is 65.4 Å². The molecule has 5 nitrogen and oxygen atoms in total. The highest BCUT2D eigenvalue weighted by molar-refractivity contribution is 7.86. The number of nitrogens with one attached hydrogen (secondary N) is 1. The molecular weight excluding hydrogens is 456 g/mol. The summed E-state index contributed by atoms with van der Waals surface area (Å²) in [6.07, 6.45) is 12.4. The van der Waals surface area contributed by atoms with Gasteiger partial charge in [-0.05, 0) is 69.2 Å². The molecule has 6 heteroatoms. The van der Waals surface area contributed by atoms with Gasteiger partial charge in [0, 0.05) is 23.3 Å². The van der Waals surface area contributed by atoms with Crippen molar-refractivity contribution in [2.45, 2.75) is 82.4 Å². The van der Waals surface area contributed by atoms with E-state index in [1.54, 1.807) is 24.3 Å². The fraction of sp³-hybridized carbons (Fsp3) is 0.483. The molecule has 0 unspecified atom stereocenters. The quantitative estimate of drug-likeness (QED) is 0.205. The van der Waals surface area contributed by atoms with Crippen LogP contribution in [0.2, 0.25) is 0 Å². The first-order valence-corrected chi connectivity index (χ1v) is 14.6. The first-order valence-electron chi connectivity index (χ1n) is 13.1. The molecule has 4 rings (SSSR count). The SMILES string of the molecule is Cc1ccc(S(=O)(=O)OCCCCCCCCCNc2c3c(nc4ccccc24)CCCC3)cc1. The largest absolute Gasteiger partial charge is 0.384 e. The molecule has 0 saturated heterocycles. The summed E-state index contributed by atoms with van der Waals surface area (Å²) in [5, 5.41) is 5.00. The van der Waals surface area contributed by atoms with Crippen LogP contribution in [0.1, 0.15) is 74.6 Å². The highest BCUT2D eigenvalue weighted by atomic mass is 32.2. The number of anilines is 1. The highest BCUT2D eigenvalue weighted by Crippen LogP contribution is 2.33. The Morgan fingerprint density at radius 2 is 1.54 bits per heavy atom.